The molecule has 1 aliphatic carbocycles. The number of pyridine rings is 1. The number of benzene rings is 2. The summed E-state index contributed by atoms with van der Waals surface area (Å²) in [4.78, 5) is 21.3. The number of ether oxygens (including phenoxy) is 2. The Labute approximate surface area is 211 Å². The Kier molecular flexibility index (Phi) is 6.85. The molecule has 0 bridgehead atoms. The van der Waals surface area contributed by atoms with Crippen LogP contribution in [0.1, 0.15) is 41.8 Å². The molecule has 1 aliphatic rings. The molecule has 0 N–H and O–H groups in total. The van der Waals surface area contributed by atoms with E-state index >= 15 is 0 Å². The largest absolute Gasteiger partial charge is 0.493 e. The Morgan fingerprint density at radius 1 is 1.11 bits per heavy atom. The predicted octanol–water partition coefficient (Wildman–Crippen LogP) is 6.17. The SMILES string of the molecule is COC(=O)C(C)C1CCc2cc(OCCc3nc(-c4ccc(-c5ccccc5)nc4)oc3C)ccc21. The van der Waals surface area contributed by atoms with Crippen molar-refractivity contribution in [2.45, 2.75) is 39.0 Å². The van der Waals surface area contributed by atoms with E-state index in [2.05, 4.69) is 17.1 Å². The van der Waals surface area contributed by atoms with Gasteiger partial charge in [-0.3, -0.25) is 9.78 Å². The quantitative estimate of drug-likeness (QED) is 0.280. The lowest BCUT2D eigenvalue weighted by molar-refractivity contribution is -0.145. The van der Waals surface area contributed by atoms with Crippen LogP contribution < -0.4 is 4.74 Å². The number of hydrogen-bond donors (Lipinski definition) is 0. The highest BCUT2D eigenvalue weighted by Gasteiger charge is 2.32. The number of nitrogens with zero attached hydrogens (tertiary/aromatic N) is 2. The molecule has 0 aliphatic heterocycles. The third-order valence-electron chi connectivity index (χ3n) is 7.00. The first-order valence-electron chi connectivity index (χ1n) is 12.3. The minimum Gasteiger partial charge on any atom is -0.493 e. The molecule has 184 valence electrons. The van der Waals surface area contributed by atoms with Crippen molar-refractivity contribution in [1.82, 2.24) is 9.97 Å². The summed E-state index contributed by atoms with van der Waals surface area (Å²) in [6, 6.07) is 20.2. The fourth-order valence-electron chi connectivity index (χ4n) is 4.94. The summed E-state index contributed by atoms with van der Waals surface area (Å²) in [5.41, 5.74) is 6.19. The van der Waals surface area contributed by atoms with Gasteiger partial charge in [-0.25, -0.2) is 4.98 Å². The number of carbonyl (C=O) groups is 1. The number of aromatic nitrogens is 2. The van der Waals surface area contributed by atoms with Crippen molar-refractivity contribution >= 4 is 5.97 Å². The summed E-state index contributed by atoms with van der Waals surface area (Å²) < 4.78 is 16.9. The Hall–Kier alpha value is -3.93. The number of esters is 1. The zero-order valence-electron chi connectivity index (χ0n) is 20.9. The molecule has 0 spiro atoms. The zero-order valence-corrected chi connectivity index (χ0v) is 20.9. The van der Waals surface area contributed by atoms with Crippen molar-refractivity contribution in [3.63, 3.8) is 0 Å². The average molecular weight is 483 g/mol. The minimum absolute atomic E-state index is 0.142. The first kappa shape index (κ1) is 23.8. The first-order valence-corrected chi connectivity index (χ1v) is 12.3. The topological polar surface area (TPSA) is 74.5 Å². The maximum absolute atomic E-state index is 12.0. The van der Waals surface area contributed by atoms with E-state index in [1.807, 2.05) is 62.4 Å². The van der Waals surface area contributed by atoms with Crippen LogP contribution in [0, 0.1) is 12.8 Å². The van der Waals surface area contributed by atoms with Gasteiger partial charge in [-0.05, 0) is 61.1 Å². The molecule has 6 nitrogen and oxygen atoms in total. The molecule has 0 fully saturated rings. The maximum atomic E-state index is 12.0. The second-order valence-corrected chi connectivity index (χ2v) is 9.24. The normalized spacial score (nSPS) is 15.4. The van der Waals surface area contributed by atoms with E-state index in [4.69, 9.17) is 18.9 Å². The Morgan fingerprint density at radius 3 is 2.69 bits per heavy atom. The van der Waals surface area contributed by atoms with Crippen LogP contribution in [0.5, 0.6) is 5.75 Å². The van der Waals surface area contributed by atoms with E-state index < -0.39 is 0 Å². The number of hydrogen-bond acceptors (Lipinski definition) is 6. The van der Waals surface area contributed by atoms with E-state index in [1.54, 1.807) is 6.20 Å². The van der Waals surface area contributed by atoms with E-state index in [9.17, 15) is 4.79 Å². The van der Waals surface area contributed by atoms with Crippen molar-refractivity contribution in [1.29, 1.82) is 0 Å². The van der Waals surface area contributed by atoms with E-state index in [0.29, 0.717) is 18.9 Å². The third kappa shape index (κ3) is 4.89. The summed E-state index contributed by atoms with van der Waals surface area (Å²) in [5.74, 6) is 2.10. The second kappa shape index (κ2) is 10.4. The molecule has 2 aromatic heterocycles. The maximum Gasteiger partial charge on any atom is 0.308 e. The van der Waals surface area contributed by atoms with Crippen LogP contribution in [0.15, 0.2) is 71.3 Å². The van der Waals surface area contributed by atoms with Crippen molar-refractivity contribution < 1.29 is 18.7 Å². The number of rotatable bonds is 8. The third-order valence-corrected chi connectivity index (χ3v) is 7.00. The lowest BCUT2D eigenvalue weighted by atomic mass is 9.89. The first-order chi connectivity index (χ1) is 17.5. The molecule has 0 saturated heterocycles. The lowest BCUT2D eigenvalue weighted by Gasteiger charge is -2.18. The van der Waals surface area contributed by atoms with E-state index in [1.165, 1.54) is 18.2 Å². The molecule has 4 aromatic rings. The van der Waals surface area contributed by atoms with Gasteiger partial charge in [-0.1, -0.05) is 43.3 Å². The van der Waals surface area contributed by atoms with Gasteiger partial charge in [0.25, 0.3) is 0 Å². The van der Waals surface area contributed by atoms with E-state index in [0.717, 1.165) is 46.9 Å². The predicted molar refractivity (Wildman–Crippen MR) is 138 cm³/mol. The van der Waals surface area contributed by atoms with Crippen LogP contribution in [0.3, 0.4) is 0 Å². The molecular formula is C30H30N2O4. The highest BCUT2D eigenvalue weighted by Crippen LogP contribution is 2.40. The van der Waals surface area contributed by atoms with Gasteiger partial charge in [0.2, 0.25) is 5.89 Å². The summed E-state index contributed by atoms with van der Waals surface area (Å²) >= 11 is 0. The van der Waals surface area contributed by atoms with Crippen molar-refractivity contribution in [3.8, 4) is 28.5 Å². The van der Waals surface area contributed by atoms with Gasteiger partial charge in [-0.2, -0.15) is 0 Å². The number of fused-ring (bicyclic) bond motifs is 1. The van der Waals surface area contributed by atoms with Gasteiger partial charge >= 0.3 is 5.97 Å². The molecule has 5 rings (SSSR count). The van der Waals surface area contributed by atoms with Crippen LogP contribution in [0.25, 0.3) is 22.7 Å². The van der Waals surface area contributed by atoms with Gasteiger partial charge < -0.3 is 13.9 Å². The number of aryl methyl sites for hydroxylation is 2. The van der Waals surface area contributed by atoms with Crippen LogP contribution >= 0.6 is 0 Å². The van der Waals surface area contributed by atoms with E-state index in [-0.39, 0.29) is 17.8 Å². The molecule has 2 atom stereocenters. The molecule has 0 radical (unpaired) electrons. The fraction of sp³-hybridized carbons (Fsp3) is 0.300. The Balaban J connectivity index is 1.20. The van der Waals surface area contributed by atoms with Crippen molar-refractivity contribution in [2.75, 3.05) is 13.7 Å². The minimum atomic E-state index is -0.154. The number of oxazole rings is 1. The summed E-state index contributed by atoms with van der Waals surface area (Å²) in [5, 5.41) is 0. The second-order valence-electron chi connectivity index (χ2n) is 9.24. The van der Waals surface area contributed by atoms with Crippen LogP contribution in [0.2, 0.25) is 0 Å². The van der Waals surface area contributed by atoms with Crippen LogP contribution in [-0.4, -0.2) is 29.7 Å². The molecule has 36 heavy (non-hydrogen) atoms. The molecule has 2 unspecified atom stereocenters. The highest BCUT2D eigenvalue weighted by atomic mass is 16.5. The Morgan fingerprint density at radius 2 is 1.94 bits per heavy atom. The molecular weight excluding hydrogens is 452 g/mol. The van der Waals surface area contributed by atoms with Crippen molar-refractivity contribution in [2.24, 2.45) is 5.92 Å². The molecule has 0 amide bonds. The van der Waals surface area contributed by atoms with Gasteiger partial charge in [0.15, 0.2) is 0 Å². The lowest BCUT2D eigenvalue weighted by Crippen LogP contribution is -2.19. The zero-order chi connectivity index (χ0) is 25.1. The molecule has 2 heterocycles. The van der Waals surface area contributed by atoms with Gasteiger partial charge in [-0.15, -0.1) is 0 Å². The van der Waals surface area contributed by atoms with Gasteiger partial charge in [0.1, 0.15) is 11.5 Å². The number of methoxy groups -OCH3 is 1. The average Bonchev–Trinajstić information content (AvgIpc) is 3.51. The summed E-state index contributed by atoms with van der Waals surface area (Å²) in [6.07, 6.45) is 4.34. The molecule has 6 heteroatoms. The standard InChI is InChI=1S/C30H30N2O4/c1-19(30(33)34-3)25-12-9-22-17-24(11-13-26(22)25)35-16-15-27-20(2)36-29(32-27)23-10-14-28(31-18-23)21-7-5-4-6-8-21/h4-8,10-11,13-14,17-19,25H,9,12,15-16H2,1-3H3. The summed E-state index contributed by atoms with van der Waals surface area (Å²) in [7, 11) is 1.45. The monoisotopic (exact) mass is 482 g/mol. The molecule has 0 saturated carbocycles. The van der Waals surface area contributed by atoms with Gasteiger partial charge in [0.05, 0.1) is 36.6 Å². The smallest absolute Gasteiger partial charge is 0.308 e. The fourth-order valence-corrected chi connectivity index (χ4v) is 4.94. The summed E-state index contributed by atoms with van der Waals surface area (Å²) in [6.45, 7) is 4.37. The van der Waals surface area contributed by atoms with Crippen LogP contribution in [-0.2, 0) is 22.4 Å². The number of carbonyl (C=O) groups excluding carboxylic acids is 1. The van der Waals surface area contributed by atoms with Gasteiger partial charge in [0, 0.05) is 18.2 Å². The molecule has 2 aromatic carbocycles. The Bertz CT molecular complexity index is 1350. The van der Waals surface area contributed by atoms with Crippen LogP contribution in [0.4, 0.5) is 0 Å². The van der Waals surface area contributed by atoms with Crippen molar-refractivity contribution in [3.05, 3.63) is 89.4 Å². The highest BCUT2D eigenvalue weighted by molar-refractivity contribution is 5.73.